The van der Waals surface area contributed by atoms with E-state index in [0.717, 1.165) is 42.7 Å². The molecule has 0 bridgehead atoms. The number of aromatic nitrogens is 1. The Hall–Kier alpha value is -2.00. The molecule has 2 N–H and O–H groups in total. The summed E-state index contributed by atoms with van der Waals surface area (Å²) in [6.07, 6.45) is 2.99. The number of aryl methyl sites for hydroxylation is 1. The Bertz CT molecular complexity index is 833. The first-order valence-electron chi connectivity index (χ1n) is 7.87. The molecule has 2 rings (SSSR count). The quantitative estimate of drug-likeness (QED) is 0.683. The molecule has 1 aromatic carbocycles. The molecule has 0 atom stereocenters. The molecule has 0 aliphatic carbocycles. The molecule has 1 aromatic heterocycles. The first-order valence-corrected chi connectivity index (χ1v) is 10.2. The van der Waals surface area contributed by atoms with Gasteiger partial charge in [-0.1, -0.05) is 31.1 Å². The zero-order valence-corrected chi connectivity index (χ0v) is 15.6. The molecule has 0 aliphatic rings. The summed E-state index contributed by atoms with van der Waals surface area (Å²) in [7, 11) is -3.88. The number of amides is 1. The van der Waals surface area contributed by atoms with Crippen LogP contribution in [0.2, 0.25) is 0 Å². The number of unbranched alkanes of at least 4 members (excludes halogenated alkanes) is 2. The van der Waals surface area contributed by atoms with Crippen molar-refractivity contribution in [2.45, 2.75) is 38.0 Å². The van der Waals surface area contributed by atoms with E-state index in [1.54, 1.807) is 6.92 Å². The molecule has 0 spiro atoms. The normalized spacial score (nSPS) is 11.3. The number of nitrogens with zero attached hydrogens (tertiary/aromatic N) is 1. The minimum atomic E-state index is -3.88. The van der Waals surface area contributed by atoms with Gasteiger partial charge >= 0.3 is 0 Å². The largest absolute Gasteiger partial charge is 0.351 e. The van der Waals surface area contributed by atoms with Crippen LogP contribution in [0.4, 0.5) is 9.52 Å². The maximum Gasteiger partial charge on any atom is 0.263 e. The Balaban J connectivity index is 2.08. The number of carbonyl (C=O) groups excluding carboxylic acids is 1. The highest BCUT2D eigenvalue weighted by Gasteiger charge is 2.20. The molecule has 0 fully saturated rings. The topological polar surface area (TPSA) is 88.2 Å². The zero-order chi connectivity index (χ0) is 18.4. The molecule has 0 radical (unpaired) electrons. The molecule has 1 heterocycles. The number of benzene rings is 1. The van der Waals surface area contributed by atoms with E-state index in [9.17, 15) is 17.6 Å². The molecule has 0 aliphatic heterocycles. The number of rotatable bonds is 8. The van der Waals surface area contributed by atoms with Crippen LogP contribution >= 0.6 is 11.3 Å². The van der Waals surface area contributed by atoms with Crippen LogP contribution in [0.25, 0.3) is 0 Å². The number of hydrogen-bond acceptors (Lipinski definition) is 5. The van der Waals surface area contributed by atoms with E-state index < -0.39 is 15.8 Å². The molecule has 136 valence electrons. The van der Waals surface area contributed by atoms with Gasteiger partial charge in [-0.05, 0) is 37.6 Å². The fourth-order valence-electron chi connectivity index (χ4n) is 2.10. The molecule has 2 aromatic rings. The van der Waals surface area contributed by atoms with Gasteiger partial charge in [-0.3, -0.25) is 9.52 Å². The highest BCUT2D eigenvalue weighted by atomic mass is 32.2. The van der Waals surface area contributed by atoms with Crippen molar-refractivity contribution in [2.75, 3.05) is 11.3 Å². The molecule has 9 heteroatoms. The molecule has 6 nitrogen and oxygen atoms in total. The van der Waals surface area contributed by atoms with Crippen LogP contribution in [0.5, 0.6) is 0 Å². The Morgan fingerprint density at radius 1 is 1.24 bits per heavy atom. The average molecular weight is 385 g/mol. The monoisotopic (exact) mass is 385 g/mol. The lowest BCUT2D eigenvalue weighted by Crippen LogP contribution is -2.24. The fraction of sp³-hybridized carbons (Fsp3) is 0.375. The van der Waals surface area contributed by atoms with E-state index in [4.69, 9.17) is 0 Å². The van der Waals surface area contributed by atoms with Crippen molar-refractivity contribution < 1.29 is 17.6 Å². The van der Waals surface area contributed by atoms with Crippen LogP contribution in [0.1, 0.15) is 41.6 Å². The zero-order valence-electron chi connectivity index (χ0n) is 14.0. The van der Waals surface area contributed by atoms with Crippen molar-refractivity contribution in [3.63, 3.8) is 0 Å². The second kappa shape index (κ2) is 8.39. The van der Waals surface area contributed by atoms with Crippen LogP contribution in [-0.2, 0) is 10.0 Å². The fourth-order valence-corrected chi connectivity index (χ4v) is 4.21. The van der Waals surface area contributed by atoms with Gasteiger partial charge in [-0.15, -0.1) is 0 Å². The summed E-state index contributed by atoms with van der Waals surface area (Å²) in [6, 6.07) is 4.46. The maximum atomic E-state index is 12.9. The number of halogens is 1. The van der Waals surface area contributed by atoms with E-state index in [2.05, 4.69) is 21.9 Å². The molecule has 0 saturated heterocycles. The second-order valence-corrected chi connectivity index (χ2v) is 8.14. The van der Waals surface area contributed by atoms with Crippen molar-refractivity contribution >= 4 is 32.4 Å². The number of nitrogens with one attached hydrogen (secondary N) is 2. The summed E-state index contributed by atoms with van der Waals surface area (Å²) in [4.78, 5) is 16.5. The van der Waals surface area contributed by atoms with Gasteiger partial charge in [0.2, 0.25) is 0 Å². The van der Waals surface area contributed by atoms with Crippen LogP contribution in [-0.4, -0.2) is 25.9 Å². The molecule has 1 amide bonds. The number of hydrogen-bond donors (Lipinski definition) is 2. The minimum Gasteiger partial charge on any atom is -0.351 e. The van der Waals surface area contributed by atoms with E-state index in [1.165, 1.54) is 12.1 Å². The lowest BCUT2D eigenvalue weighted by Gasteiger charge is -2.04. The van der Waals surface area contributed by atoms with Crippen LogP contribution in [0.15, 0.2) is 29.2 Å². The smallest absolute Gasteiger partial charge is 0.263 e. The van der Waals surface area contributed by atoms with Gasteiger partial charge in [0, 0.05) is 6.54 Å². The van der Waals surface area contributed by atoms with Gasteiger partial charge in [-0.25, -0.2) is 17.8 Å². The van der Waals surface area contributed by atoms with Gasteiger partial charge < -0.3 is 5.32 Å². The third kappa shape index (κ3) is 5.23. The number of anilines is 1. The van der Waals surface area contributed by atoms with Crippen LogP contribution in [0, 0.1) is 12.7 Å². The Morgan fingerprint density at radius 3 is 2.56 bits per heavy atom. The second-order valence-electron chi connectivity index (χ2n) is 5.46. The highest BCUT2D eigenvalue weighted by Crippen LogP contribution is 2.25. The van der Waals surface area contributed by atoms with Crippen molar-refractivity contribution in [3.05, 3.63) is 40.7 Å². The van der Waals surface area contributed by atoms with Gasteiger partial charge in [0.15, 0.2) is 5.13 Å². The summed E-state index contributed by atoms with van der Waals surface area (Å²) in [5, 5.41) is 2.90. The Morgan fingerprint density at radius 2 is 1.92 bits per heavy atom. The van der Waals surface area contributed by atoms with Gasteiger partial charge in [0.05, 0.1) is 10.6 Å². The average Bonchev–Trinajstić information content (AvgIpc) is 2.91. The molecular weight excluding hydrogens is 365 g/mol. The third-order valence-corrected chi connectivity index (χ3v) is 5.97. The Kier molecular flexibility index (Phi) is 6.49. The summed E-state index contributed by atoms with van der Waals surface area (Å²) in [6.45, 7) is 4.29. The molecular formula is C16H20FN3O3S2. The van der Waals surface area contributed by atoms with Gasteiger partial charge in [-0.2, -0.15) is 0 Å². The summed E-state index contributed by atoms with van der Waals surface area (Å²) < 4.78 is 39.8. The van der Waals surface area contributed by atoms with Crippen molar-refractivity contribution in [3.8, 4) is 0 Å². The Labute approximate surface area is 150 Å². The predicted octanol–water partition coefficient (Wildman–Crippen LogP) is 3.31. The first kappa shape index (κ1) is 19.3. The van der Waals surface area contributed by atoms with Crippen molar-refractivity contribution in [2.24, 2.45) is 0 Å². The van der Waals surface area contributed by atoms with E-state index >= 15 is 0 Å². The van der Waals surface area contributed by atoms with Gasteiger partial charge in [0.25, 0.3) is 15.9 Å². The van der Waals surface area contributed by atoms with E-state index in [1.807, 2.05) is 0 Å². The lowest BCUT2D eigenvalue weighted by atomic mass is 10.2. The molecule has 0 unspecified atom stereocenters. The SMILES string of the molecule is CCCCCNC(=O)c1sc(NS(=O)(=O)c2ccc(F)cc2)nc1C. The number of carbonyl (C=O) groups is 1. The number of sulfonamides is 1. The molecule has 0 saturated carbocycles. The van der Waals surface area contributed by atoms with Crippen molar-refractivity contribution in [1.82, 2.24) is 10.3 Å². The van der Waals surface area contributed by atoms with E-state index in [-0.39, 0.29) is 15.9 Å². The summed E-state index contributed by atoms with van der Waals surface area (Å²) >= 11 is 0.969. The minimum absolute atomic E-state index is 0.0766. The number of thiazole rings is 1. The molecule has 25 heavy (non-hydrogen) atoms. The van der Waals surface area contributed by atoms with Gasteiger partial charge in [0.1, 0.15) is 10.7 Å². The maximum absolute atomic E-state index is 12.9. The van der Waals surface area contributed by atoms with Crippen molar-refractivity contribution in [1.29, 1.82) is 0 Å². The first-order chi connectivity index (χ1) is 11.8. The van der Waals surface area contributed by atoms with Crippen LogP contribution in [0.3, 0.4) is 0 Å². The lowest BCUT2D eigenvalue weighted by molar-refractivity contribution is 0.0956. The summed E-state index contributed by atoms with van der Waals surface area (Å²) in [5.74, 6) is -0.788. The third-order valence-electron chi connectivity index (χ3n) is 3.41. The highest BCUT2D eigenvalue weighted by molar-refractivity contribution is 7.93. The van der Waals surface area contributed by atoms with E-state index in [0.29, 0.717) is 17.1 Å². The van der Waals surface area contributed by atoms with Crippen LogP contribution < -0.4 is 10.0 Å². The standard InChI is InChI=1S/C16H20FN3O3S2/c1-3-4-5-10-18-15(21)14-11(2)19-16(24-14)20-25(22,23)13-8-6-12(17)7-9-13/h6-9H,3-5,10H2,1-2H3,(H,18,21)(H,19,20). The predicted molar refractivity (Wildman–Crippen MR) is 95.9 cm³/mol. The summed E-state index contributed by atoms with van der Waals surface area (Å²) in [5.41, 5.74) is 0.454.